The monoisotopic (exact) mass is 540 g/mol. The summed E-state index contributed by atoms with van der Waals surface area (Å²) in [5.74, 6) is -1.35. The number of nitrogens with one attached hydrogen (secondary N) is 1. The molecule has 4 aromatic carbocycles. The molecule has 0 unspecified atom stereocenters. The lowest BCUT2D eigenvalue weighted by Gasteiger charge is -2.26. The van der Waals surface area contributed by atoms with Crippen LogP contribution in [0.25, 0.3) is 6.08 Å². The summed E-state index contributed by atoms with van der Waals surface area (Å²) in [6.07, 6.45) is 1.66. The van der Waals surface area contributed by atoms with Gasteiger partial charge in [0.05, 0.1) is 5.69 Å². The number of carbonyl (C=O) groups is 3. The van der Waals surface area contributed by atoms with Crippen molar-refractivity contribution in [1.82, 2.24) is 5.32 Å². The van der Waals surface area contributed by atoms with Crippen LogP contribution in [0.15, 0.2) is 103 Å². The second-order valence-electron chi connectivity index (χ2n) is 8.85. The fourth-order valence-electron chi connectivity index (χ4n) is 4.13. The van der Waals surface area contributed by atoms with E-state index in [9.17, 15) is 18.8 Å². The van der Waals surface area contributed by atoms with Gasteiger partial charge in [0.25, 0.3) is 11.8 Å². The number of amides is 4. The molecular weight excluding hydrogens is 519 g/mol. The number of ether oxygens (including phenoxy) is 1. The minimum Gasteiger partial charge on any atom is -0.489 e. The van der Waals surface area contributed by atoms with Crippen molar-refractivity contribution < 1.29 is 23.5 Å². The summed E-state index contributed by atoms with van der Waals surface area (Å²) in [6, 6.07) is 26.6. The fourth-order valence-corrected chi connectivity index (χ4v) is 4.39. The van der Waals surface area contributed by atoms with Crippen LogP contribution in [0.2, 0.25) is 5.02 Å². The smallest absolute Gasteiger partial charge is 0.335 e. The van der Waals surface area contributed by atoms with E-state index in [1.807, 2.05) is 30.3 Å². The molecule has 1 aliphatic rings. The van der Waals surface area contributed by atoms with Crippen molar-refractivity contribution in [3.8, 4) is 5.75 Å². The Balaban J connectivity index is 1.33. The van der Waals surface area contributed by atoms with E-state index in [1.165, 1.54) is 12.1 Å². The minimum atomic E-state index is -0.849. The van der Waals surface area contributed by atoms with Gasteiger partial charge in [0.1, 0.15) is 23.7 Å². The number of hydrogen-bond donors (Lipinski definition) is 1. The van der Waals surface area contributed by atoms with Gasteiger partial charge < -0.3 is 4.74 Å². The van der Waals surface area contributed by atoms with Crippen molar-refractivity contribution >= 4 is 41.2 Å². The minimum absolute atomic E-state index is 0.225. The Morgan fingerprint density at radius 3 is 2.28 bits per heavy atom. The highest BCUT2D eigenvalue weighted by atomic mass is 35.5. The molecule has 194 valence electrons. The van der Waals surface area contributed by atoms with Gasteiger partial charge in [-0.1, -0.05) is 72.3 Å². The van der Waals surface area contributed by atoms with Crippen LogP contribution in [0.3, 0.4) is 0 Å². The Bertz CT molecular complexity index is 1590. The van der Waals surface area contributed by atoms with Gasteiger partial charge in [-0.3, -0.25) is 14.9 Å². The Labute approximate surface area is 229 Å². The van der Waals surface area contributed by atoms with Gasteiger partial charge in [0.15, 0.2) is 0 Å². The first-order valence-electron chi connectivity index (χ1n) is 12.1. The van der Waals surface area contributed by atoms with E-state index < -0.39 is 17.8 Å². The molecule has 0 aromatic heterocycles. The summed E-state index contributed by atoms with van der Waals surface area (Å²) in [6.45, 7) is 0.367. The first-order valence-corrected chi connectivity index (χ1v) is 12.5. The molecule has 4 amide bonds. The topological polar surface area (TPSA) is 75.7 Å². The van der Waals surface area contributed by atoms with E-state index in [4.69, 9.17) is 16.3 Å². The van der Waals surface area contributed by atoms with E-state index in [2.05, 4.69) is 5.32 Å². The van der Waals surface area contributed by atoms with Crippen molar-refractivity contribution in [3.63, 3.8) is 0 Å². The lowest BCUT2D eigenvalue weighted by Crippen LogP contribution is -2.54. The molecule has 0 radical (unpaired) electrons. The standard InChI is InChI=1S/C31H22ClFN2O4/c32-27-17-21(10-11-22(27)18-23-8-4-5-9-28(23)33)16-26-29(36)34-31(38)35(30(26)37)24-12-14-25(15-13-24)39-19-20-6-2-1-3-7-20/h1-17H,18-19H2,(H,34,36,38)/b26-16+. The third-order valence-corrected chi connectivity index (χ3v) is 6.52. The van der Waals surface area contributed by atoms with Gasteiger partial charge in [-0.15, -0.1) is 0 Å². The van der Waals surface area contributed by atoms with E-state index >= 15 is 0 Å². The first-order chi connectivity index (χ1) is 18.9. The third kappa shape index (κ3) is 5.89. The summed E-state index contributed by atoms with van der Waals surface area (Å²) in [5, 5.41) is 2.56. The SMILES string of the molecule is O=C1NC(=O)N(c2ccc(OCc3ccccc3)cc2)C(=O)/C1=C/c1ccc(Cc2ccccc2F)c(Cl)c1. The van der Waals surface area contributed by atoms with Gasteiger partial charge >= 0.3 is 6.03 Å². The highest BCUT2D eigenvalue weighted by molar-refractivity contribution is 6.39. The summed E-state index contributed by atoms with van der Waals surface area (Å²) in [7, 11) is 0. The van der Waals surface area contributed by atoms with Crippen molar-refractivity contribution in [3.05, 3.63) is 136 Å². The molecule has 1 saturated heterocycles. The summed E-state index contributed by atoms with van der Waals surface area (Å²) < 4.78 is 19.8. The molecular formula is C31H22ClFN2O4. The maximum Gasteiger partial charge on any atom is 0.335 e. The maximum absolute atomic E-state index is 14.0. The van der Waals surface area contributed by atoms with Crippen molar-refractivity contribution in [1.29, 1.82) is 0 Å². The number of carbonyl (C=O) groups excluding carboxylic acids is 3. The molecule has 1 aliphatic heterocycles. The normalized spacial score (nSPS) is 14.5. The second-order valence-corrected chi connectivity index (χ2v) is 9.25. The summed E-state index contributed by atoms with van der Waals surface area (Å²) in [5.41, 5.74) is 2.72. The number of halogens is 2. The van der Waals surface area contributed by atoms with Crippen molar-refractivity contribution in [2.45, 2.75) is 13.0 Å². The molecule has 0 atom stereocenters. The summed E-state index contributed by atoms with van der Waals surface area (Å²) in [4.78, 5) is 39.3. The number of imide groups is 2. The number of barbiturate groups is 1. The average Bonchev–Trinajstić information content (AvgIpc) is 2.93. The molecule has 0 aliphatic carbocycles. The second kappa shape index (κ2) is 11.3. The molecule has 0 spiro atoms. The third-order valence-electron chi connectivity index (χ3n) is 6.17. The largest absolute Gasteiger partial charge is 0.489 e. The lowest BCUT2D eigenvalue weighted by atomic mass is 10.0. The lowest BCUT2D eigenvalue weighted by molar-refractivity contribution is -0.122. The zero-order chi connectivity index (χ0) is 27.4. The van der Waals surface area contributed by atoms with Crippen LogP contribution in [0, 0.1) is 5.82 Å². The quantitative estimate of drug-likeness (QED) is 0.220. The number of nitrogens with zero attached hydrogens (tertiary/aromatic N) is 1. The Morgan fingerprint density at radius 2 is 1.56 bits per heavy atom. The maximum atomic E-state index is 14.0. The van der Waals surface area contributed by atoms with E-state index in [0.717, 1.165) is 10.5 Å². The van der Waals surface area contributed by atoms with E-state index in [1.54, 1.807) is 60.7 Å². The molecule has 0 saturated carbocycles. The van der Waals surface area contributed by atoms with Crippen molar-refractivity contribution in [2.75, 3.05) is 4.90 Å². The van der Waals surface area contributed by atoms with Crippen LogP contribution >= 0.6 is 11.6 Å². The van der Waals surface area contributed by atoms with Crippen LogP contribution in [-0.4, -0.2) is 17.8 Å². The van der Waals surface area contributed by atoms with E-state index in [-0.39, 0.29) is 23.5 Å². The fraction of sp³-hybridized carbons (Fsp3) is 0.0645. The zero-order valence-electron chi connectivity index (χ0n) is 20.6. The Hall–Kier alpha value is -4.75. The molecule has 0 bridgehead atoms. The number of anilines is 1. The first kappa shape index (κ1) is 25.9. The molecule has 6 nitrogen and oxygen atoms in total. The predicted octanol–water partition coefficient (Wildman–Crippen LogP) is 6.32. The highest BCUT2D eigenvalue weighted by Crippen LogP contribution is 2.27. The Kier molecular flexibility index (Phi) is 7.52. The van der Waals surface area contributed by atoms with Crippen LogP contribution in [0.4, 0.5) is 14.9 Å². The molecule has 1 heterocycles. The number of urea groups is 1. The van der Waals surface area contributed by atoms with Gasteiger partial charge in [-0.2, -0.15) is 0 Å². The molecule has 39 heavy (non-hydrogen) atoms. The van der Waals surface area contributed by atoms with Crippen LogP contribution in [0.5, 0.6) is 5.75 Å². The molecule has 1 fully saturated rings. The number of rotatable bonds is 7. The highest BCUT2D eigenvalue weighted by Gasteiger charge is 2.36. The van der Waals surface area contributed by atoms with Gasteiger partial charge in [0.2, 0.25) is 0 Å². The van der Waals surface area contributed by atoms with Crippen LogP contribution in [0.1, 0.15) is 22.3 Å². The molecule has 1 N–H and O–H groups in total. The van der Waals surface area contributed by atoms with Crippen molar-refractivity contribution in [2.24, 2.45) is 0 Å². The number of hydrogen-bond acceptors (Lipinski definition) is 4. The molecule has 8 heteroatoms. The van der Waals surface area contributed by atoms with Gasteiger partial charge in [0, 0.05) is 11.4 Å². The zero-order valence-corrected chi connectivity index (χ0v) is 21.3. The summed E-state index contributed by atoms with van der Waals surface area (Å²) >= 11 is 6.44. The van der Waals surface area contributed by atoms with Crippen LogP contribution in [-0.2, 0) is 22.6 Å². The van der Waals surface area contributed by atoms with E-state index in [0.29, 0.717) is 34.1 Å². The van der Waals surface area contributed by atoms with Crippen LogP contribution < -0.4 is 15.0 Å². The van der Waals surface area contributed by atoms with Gasteiger partial charge in [-0.25, -0.2) is 14.1 Å². The Morgan fingerprint density at radius 1 is 0.846 bits per heavy atom. The molecule has 5 rings (SSSR count). The molecule has 4 aromatic rings. The number of benzene rings is 4. The average molecular weight is 541 g/mol. The predicted molar refractivity (Wildman–Crippen MR) is 147 cm³/mol. The van der Waals surface area contributed by atoms with Gasteiger partial charge in [-0.05, 0) is 64.7 Å².